The van der Waals surface area contributed by atoms with Crippen LogP contribution in [0.4, 0.5) is 13.2 Å². The van der Waals surface area contributed by atoms with E-state index < -0.39 is 6.68 Å². The number of benzene rings is 1. The molecule has 0 unspecified atom stereocenters. The van der Waals surface area contributed by atoms with E-state index in [9.17, 15) is 18.0 Å². The number of thiophene rings is 1. The van der Waals surface area contributed by atoms with E-state index in [1.807, 2.05) is 30.3 Å². The van der Waals surface area contributed by atoms with E-state index >= 15 is 0 Å². The van der Waals surface area contributed by atoms with E-state index in [4.69, 9.17) is 0 Å². The zero-order valence-electron chi connectivity index (χ0n) is 10.4. The van der Waals surface area contributed by atoms with Crippen molar-refractivity contribution in [1.82, 2.24) is 0 Å². The molecule has 0 amide bonds. The Bertz CT molecular complexity index is 549. The molecular formula is C13H12F3OS3+. The third-order valence-electron chi connectivity index (χ3n) is 2.06. The molecule has 0 bridgehead atoms. The summed E-state index contributed by atoms with van der Waals surface area (Å²) in [5, 5.41) is 0. The number of alkyl halides is 3. The van der Waals surface area contributed by atoms with Crippen LogP contribution in [0.15, 0.2) is 49.7 Å². The van der Waals surface area contributed by atoms with E-state index in [2.05, 4.69) is 18.7 Å². The molecule has 0 atom stereocenters. The van der Waals surface area contributed by atoms with E-state index in [0.29, 0.717) is 0 Å². The Morgan fingerprint density at radius 1 is 1.15 bits per heavy atom. The minimum atomic E-state index is -3.67. The van der Waals surface area contributed by atoms with Gasteiger partial charge in [-0.1, -0.05) is 35.2 Å². The van der Waals surface area contributed by atoms with Crippen LogP contribution in [0.3, 0.4) is 0 Å². The summed E-state index contributed by atoms with van der Waals surface area (Å²) in [6.45, 7) is -2.09. The van der Waals surface area contributed by atoms with Gasteiger partial charge in [0.15, 0.2) is 5.78 Å². The van der Waals surface area contributed by atoms with Crippen LogP contribution in [-0.4, -0.2) is 12.5 Å². The van der Waals surface area contributed by atoms with Crippen LogP contribution >= 0.6 is 23.1 Å². The van der Waals surface area contributed by atoms with Crippen molar-refractivity contribution < 1.29 is 18.0 Å². The first-order valence-corrected chi connectivity index (χ1v) is 7.54. The van der Waals surface area contributed by atoms with Crippen LogP contribution in [0.1, 0.15) is 17.3 Å². The fraction of sp³-hybridized carbons (Fsp3) is 0.154. The average molecular weight is 337 g/mol. The van der Waals surface area contributed by atoms with Crippen LogP contribution in [0.2, 0.25) is 0 Å². The lowest BCUT2D eigenvalue weighted by Gasteiger charge is -1.99. The maximum absolute atomic E-state index is 11.1. The summed E-state index contributed by atoms with van der Waals surface area (Å²) < 4.78 is 31.4. The smallest absolute Gasteiger partial charge is 0.295 e. The Morgan fingerprint density at radius 3 is 2.10 bits per heavy atom. The maximum atomic E-state index is 11.1. The molecule has 0 aliphatic carbocycles. The van der Waals surface area contributed by atoms with Gasteiger partial charge in [0.2, 0.25) is 4.21 Å². The molecule has 108 valence electrons. The van der Waals surface area contributed by atoms with Gasteiger partial charge in [0, 0.05) is 29.2 Å². The number of halogens is 3. The summed E-state index contributed by atoms with van der Waals surface area (Å²) >= 11 is 6.89. The summed E-state index contributed by atoms with van der Waals surface area (Å²) in [4.78, 5) is 12.3. The van der Waals surface area contributed by atoms with Crippen LogP contribution in [0.25, 0.3) is 0 Å². The van der Waals surface area contributed by atoms with Crippen molar-refractivity contribution in [2.75, 3.05) is 0 Å². The number of hydrogen-bond acceptors (Lipinski definition) is 3. The third-order valence-corrected chi connectivity index (χ3v) is 4.57. The number of hydrogen-bond donors (Lipinski definition) is 0. The molecule has 20 heavy (non-hydrogen) atoms. The highest BCUT2D eigenvalue weighted by atomic mass is 32.2. The van der Waals surface area contributed by atoms with Crippen molar-refractivity contribution in [3.05, 3.63) is 42.0 Å². The fourth-order valence-electron chi connectivity index (χ4n) is 1.25. The first-order valence-electron chi connectivity index (χ1n) is 5.41. The molecule has 1 aromatic heterocycles. The number of carbonyl (C=O) groups excluding carboxylic acids is 1. The fourth-order valence-corrected chi connectivity index (χ4v) is 3.74. The Kier molecular flexibility index (Phi) is 7.18. The standard InChI is InChI=1S/C12H10OS3.CHF3/c1-8(13)9-2-4-10(5-3-9)15-12-7-6-11(14)16-12;2-1(3)4/h2-7,14H,1H3;1H/p+1. The zero-order chi connectivity index (χ0) is 15.1. The Labute approximate surface area is 128 Å². The van der Waals surface area contributed by atoms with Gasteiger partial charge in [0.25, 0.3) is 0 Å². The normalized spacial score (nSPS) is 10.1. The van der Waals surface area contributed by atoms with Crippen molar-refractivity contribution in [3.8, 4) is 0 Å². The highest BCUT2D eigenvalue weighted by molar-refractivity contribution is 8.01. The SMILES string of the molecule is CC(=O)c1ccc(Sc2ccc([SH2+])s2)cc1.FC(F)F. The predicted octanol–water partition coefficient (Wildman–Crippen LogP) is 4.65. The van der Waals surface area contributed by atoms with Crippen LogP contribution in [0.5, 0.6) is 0 Å². The maximum Gasteiger partial charge on any atom is 0.379 e. The highest BCUT2D eigenvalue weighted by Gasteiger charge is 2.04. The Morgan fingerprint density at radius 2 is 1.70 bits per heavy atom. The monoisotopic (exact) mass is 337 g/mol. The second-order valence-corrected chi connectivity index (χ2v) is 6.91. The first kappa shape index (κ1) is 17.1. The van der Waals surface area contributed by atoms with Gasteiger partial charge in [-0.05, 0) is 25.1 Å². The van der Waals surface area contributed by atoms with Gasteiger partial charge in [-0.3, -0.25) is 4.79 Å². The van der Waals surface area contributed by atoms with Crippen molar-refractivity contribution in [1.29, 1.82) is 0 Å². The van der Waals surface area contributed by atoms with E-state index in [-0.39, 0.29) is 5.78 Å². The van der Waals surface area contributed by atoms with Crippen LogP contribution in [-0.2, 0) is 12.6 Å². The molecular weight excluding hydrogens is 325 g/mol. The van der Waals surface area contributed by atoms with E-state index in [0.717, 1.165) is 14.7 Å². The molecule has 0 aliphatic rings. The second-order valence-electron chi connectivity index (χ2n) is 3.55. The lowest BCUT2D eigenvalue weighted by Crippen LogP contribution is -1.89. The topological polar surface area (TPSA) is 17.1 Å². The van der Waals surface area contributed by atoms with Gasteiger partial charge < -0.3 is 0 Å². The van der Waals surface area contributed by atoms with Gasteiger partial charge in [0.05, 0.1) is 4.21 Å². The number of carbonyl (C=O) groups is 1. The van der Waals surface area contributed by atoms with Gasteiger partial charge >= 0.3 is 6.68 Å². The lowest BCUT2D eigenvalue weighted by molar-refractivity contribution is 0.00818. The highest BCUT2D eigenvalue weighted by Crippen LogP contribution is 2.33. The summed E-state index contributed by atoms with van der Waals surface area (Å²) in [5.41, 5.74) is 0.760. The molecule has 0 spiro atoms. The van der Waals surface area contributed by atoms with E-state index in [1.54, 1.807) is 30.0 Å². The summed E-state index contributed by atoms with van der Waals surface area (Å²) in [6, 6.07) is 11.8. The van der Waals surface area contributed by atoms with Crippen molar-refractivity contribution in [2.45, 2.75) is 26.9 Å². The zero-order valence-corrected chi connectivity index (χ0v) is 13.0. The molecule has 7 heteroatoms. The molecule has 0 N–H and O–H groups in total. The minimum Gasteiger partial charge on any atom is -0.295 e. The molecule has 0 saturated carbocycles. The van der Waals surface area contributed by atoms with E-state index in [1.165, 1.54) is 4.21 Å². The molecule has 0 aliphatic heterocycles. The first-order chi connectivity index (χ1) is 9.38. The second kappa shape index (κ2) is 8.39. The Balaban J connectivity index is 0.000000444. The van der Waals surface area contributed by atoms with Gasteiger partial charge in [-0.25, -0.2) is 0 Å². The third kappa shape index (κ3) is 6.49. The van der Waals surface area contributed by atoms with Gasteiger partial charge in [-0.2, -0.15) is 13.2 Å². The van der Waals surface area contributed by atoms with Crippen molar-refractivity contribution in [3.63, 3.8) is 0 Å². The summed E-state index contributed by atoms with van der Waals surface area (Å²) in [7, 11) is 0. The van der Waals surface area contributed by atoms with Crippen molar-refractivity contribution >= 4 is 41.5 Å². The van der Waals surface area contributed by atoms with Crippen LogP contribution < -0.4 is 0 Å². The van der Waals surface area contributed by atoms with Gasteiger partial charge in [0.1, 0.15) is 0 Å². The largest absolute Gasteiger partial charge is 0.379 e. The number of rotatable bonds is 3. The molecule has 0 radical (unpaired) electrons. The van der Waals surface area contributed by atoms with Crippen molar-refractivity contribution in [2.24, 2.45) is 0 Å². The molecule has 1 heterocycles. The molecule has 1 nitrogen and oxygen atoms in total. The number of Topliss-reactive ketones (excluding diaryl/α,β-unsaturated/α-hetero) is 1. The minimum absolute atomic E-state index is 0.107. The molecule has 0 saturated heterocycles. The lowest BCUT2D eigenvalue weighted by atomic mass is 10.2. The predicted molar refractivity (Wildman–Crippen MR) is 80.4 cm³/mol. The molecule has 1 aromatic carbocycles. The average Bonchev–Trinajstić information content (AvgIpc) is 2.75. The molecule has 2 rings (SSSR count). The molecule has 0 fully saturated rings. The van der Waals surface area contributed by atoms with Gasteiger partial charge in [-0.15, -0.1) is 0 Å². The van der Waals surface area contributed by atoms with Crippen LogP contribution in [0, 0.1) is 0 Å². The quantitative estimate of drug-likeness (QED) is 0.599. The number of ketones is 1. The Hall–Kier alpha value is -0.920. The summed E-state index contributed by atoms with van der Waals surface area (Å²) in [5.74, 6) is 0.107. The summed E-state index contributed by atoms with van der Waals surface area (Å²) in [6.07, 6.45) is 0. The molecule has 2 aromatic rings.